The van der Waals surface area contributed by atoms with Crippen LogP contribution in [-0.4, -0.2) is 28.3 Å². The van der Waals surface area contributed by atoms with Crippen molar-refractivity contribution in [2.24, 2.45) is 0 Å². The molecule has 3 rings (SSSR count). The number of H-pyrrole nitrogens is 1. The zero-order chi connectivity index (χ0) is 14.5. The minimum absolute atomic E-state index is 0.0111. The number of para-hydroxylation sites is 1. The van der Waals surface area contributed by atoms with E-state index in [1.807, 2.05) is 54.6 Å². The van der Waals surface area contributed by atoms with E-state index in [9.17, 15) is 0 Å². The van der Waals surface area contributed by atoms with E-state index in [4.69, 9.17) is 9.84 Å². The summed E-state index contributed by atoms with van der Waals surface area (Å²) in [6, 6.07) is 17.7. The number of aliphatic hydroxyl groups excluding tert-OH is 1. The topological polar surface area (TPSA) is 58.1 Å². The van der Waals surface area contributed by atoms with Gasteiger partial charge in [-0.25, -0.2) is 4.98 Å². The molecular weight excluding hydrogens is 264 g/mol. The summed E-state index contributed by atoms with van der Waals surface area (Å²) in [6.07, 6.45) is 1.68. The Hall–Kier alpha value is -2.59. The number of aromatic amines is 1. The summed E-state index contributed by atoms with van der Waals surface area (Å²) >= 11 is 0. The van der Waals surface area contributed by atoms with Crippen molar-refractivity contribution < 1.29 is 9.84 Å². The molecule has 21 heavy (non-hydrogen) atoms. The second kappa shape index (κ2) is 6.24. The molecule has 106 valence electrons. The maximum Gasteiger partial charge on any atom is 0.128 e. The Morgan fingerprint density at radius 3 is 2.57 bits per heavy atom. The van der Waals surface area contributed by atoms with Gasteiger partial charge in [-0.3, -0.25) is 0 Å². The minimum atomic E-state index is -0.0111. The molecule has 0 aliphatic rings. The van der Waals surface area contributed by atoms with Crippen LogP contribution in [0.3, 0.4) is 0 Å². The lowest BCUT2D eigenvalue weighted by molar-refractivity contribution is 0.202. The Morgan fingerprint density at radius 1 is 1.00 bits per heavy atom. The zero-order valence-corrected chi connectivity index (χ0v) is 11.5. The number of ether oxygens (including phenoxy) is 1. The lowest BCUT2D eigenvalue weighted by atomic mass is 10.0. The first-order valence-corrected chi connectivity index (χ1v) is 6.82. The molecule has 0 saturated carbocycles. The molecule has 1 aromatic heterocycles. The quantitative estimate of drug-likeness (QED) is 0.755. The fraction of sp³-hybridized carbons (Fsp3) is 0.118. The Morgan fingerprint density at radius 2 is 1.76 bits per heavy atom. The maximum absolute atomic E-state index is 8.94. The van der Waals surface area contributed by atoms with E-state index < -0.39 is 0 Å². The smallest absolute Gasteiger partial charge is 0.128 e. The third kappa shape index (κ3) is 2.80. The van der Waals surface area contributed by atoms with Crippen molar-refractivity contribution in [3.05, 3.63) is 60.9 Å². The Bertz CT molecular complexity index is 708. The van der Waals surface area contributed by atoms with Gasteiger partial charge in [0.05, 0.1) is 24.3 Å². The summed E-state index contributed by atoms with van der Waals surface area (Å²) in [7, 11) is 0. The van der Waals surface area contributed by atoms with Crippen LogP contribution in [0, 0.1) is 0 Å². The molecule has 0 unspecified atom stereocenters. The Kier molecular flexibility index (Phi) is 3.98. The van der Waals surface area contributed by atoms with Gasteiger partial charge in [0.15, 0.2) is 0 Å². The second-order valence-corrected chi connectivity index (χ2v) is 4.56. The summed E-state index contributed by atoms with van der Waals surface area (Å²) in [5.41, 5.74) is 3.78. The average Bonchev–Trinajstić information content (AvgIpc) is 3.03. The van der Waals surface area contributed by atoms with Gasteiger partial charge in [0.2, 0.25) is 0 Å². The van der Waals surface area contributed by atoms with E-state index in [0.29, 0.717) is 0 Å². The fourth-order valence-electron chi connectivity index (χ4n) is 2.27. The molecule has 2 N–H and O–H groups in total. The van der Waals surface area contributed by atoms with Gasteiger partial charge in [0.1, 0.15) is 12.4 Å². The summed E-state index contributed by atoms with van der Waals surface area (Å²) in [4.78, 5) is 7.61. The number of aromatic nitrogens is 2. The first-order valence-electron chi connectivity index (χ1n) is 6.82. The number of hydrogen-bond donors (Lipinski definition) is 2. The van der Waals surface area contributed by atoms with Crippen LogP contribution in [0.15, 0.2) is 60.9 Å². The lowest BCUT2D eigenvalue weighted by Crippen LogP contribution is -2.02. The first-order chi connectivity index (χ1) is 10.4. The van der Waals surface area contributed by atoms with Crippen molar-refractivity contribution in [2.75, 3.05) is 13.2 Å². The SMILES string of the molecule is OCCOc1ccccc1-c1[nH]cnc1-c1ccccc1. The molecule has 1 heterocycles. The van der Waals surface area contributed by atoms with E-state index in [1.54, 1.807) is 6.33 Å². The predicted molar refractivity (Wildman–Crippen MR) is 82.0 cm³/mol. The van der Waals surface area contributed by atoms with Crippen molar-refractivity contribution in [3.8, 4) is 28.3 Å². The predicted octanol–water partition coefficient (Wildman–Crippen LogP) is 3.11. The highest BCUT2D eigenvalue weighted by molar-refractivity contribution is 5.81. The monoisotopic (exact) mass is 280 g/mol. The summed E-state index contributed by atoms with van der Waals surface area (Å²) < 4.78 is 5.60. The molecule has 0 saturated heterocycles. The number of nitrogens with zero attached hydrogens (tertiary/aromatic N) is 1. The van der Waals surface area contributed by atoms with Crippen LogP contribution in [0.2, 0.25) is 0 Å². The van der Waals surface area contributed by atoms with Crippen molar-refractivity contribution >= 4 is 0 Å². The fourth-order valence-corrected chi connectivity index (χ4v) is 2.27. The van der Waals surface area contributed by atoms with Crippen LogP contribution >= 0.6 is 0 Å². The highest BCUT2D eigenvalue weighted by Gasteiger charge is 2.14. The van der Waals surface area contributed by atoms with E-state index >= 15 is 0 Å². The second-order valence-electron chi connectivity index (χ2n) is 4.56. The number of benzene rings is 2. The molecule has 0 radical (unpaired) electrons. The molecule has 0 aliphatic carbocycles. The Balaban J connectivity index is 2.05. The van der Waals surface area contributed by atoms with Gasteiger partial charge in [-0.1, -0.05) is 42.5 Å². The van der Waals surface area contributed by atoms with Gasteiger partial charge in [-0.2, -0.15) is 0 Å². The normalized spacial score (nSPS) is 10.5. The van der Waals surface area contributed by atoms with Crippen LogP contribution in [0.4, 0.5) is 0 Å². The van der Waals surface area contributed by atoms with E-state index in [2.05, 4.69) is 9.97 Å². The zero-order valence-electron chi connectivity index (χ0n) is 11.5. The molecule has 0 bridgehead atoms. The van der Waals surface area contributed by atoms with Gasteiger partial charge in [0.25, 0.3) is 0 Å². The molecule has 4 nitrogen and oxygen atoms in total. The molecule has 0 aliphatic heterocycles. The summed E-state index contributed by atoms with van der Waals surface area (Å²) in [6.45, 7) is 0.259. The molecule has 0 atom stereocenters. The van der Waals surface area contributed by atoms with Crippen molar-refractivity contribution in [1.82, 2.24) is 9.97 Å². The molecule has 4 heteroatoms. The van der Waals surface area contributed by atoms with Crippen LogP contribution in [0.25, 0.3) is 22.5 Å². The first kappa shape index (κ1) is 13.4. The average molecular weight is 280 g/mol. The van der Waals surface area contributed by atoms with E-state index in [1.165, 1.54) is 0 Å². The molecule has 0 amide bonds. The summed E-state index contributed by atoms with van der Waals surface area (Å²) in [5, 5.41) is 8.94. The highest BCUT2D eigenvalue weighted by Crippen LogP contribution is 2.34. The molecule has 3 aromatic rings. The van der Waals surface area contributed by atoms with Gasteiger partial charge in [-0.05, 0) is 12.1 Å². The van der Waals surface area contributed by atoms with Crippen LogP contribution in [0.1, 0.15) is 0 Å². The number of aliphatic hydroxyl groups is 1. The lowest BCUT2D eigenvalue weighted by Gasteiger charge is -2.10. The number of hydrogen-bond acceptors (Lipinski definition) is 3. The van der Waals surface area contributed by atoms with Gasteiger partial charge in [0, 0.05) is 11.1 Å². The van der Waals surface area contributed by atoms with Crippen LogP contribution in [0.5, 0.6) is 5.75 Å². The molecule has 0 fully saturated rings. The minimum Gasteiger partial charge on any atom is -0.490 e. The van der Waals surface area contributed by atoms with Crippen molar-refractivity contribution in [2.45, 2.75) is 0 Å². The maximum atomic E-state index is 8.94. The standard InChI is InChI=1S/C17H16N2O2/c20-10-11-21-15-9-5-4-8-14(15)17-16(18-12-19-17)13-6-2-1-3-7-13/h1-9,12,20H,10-11H2,(H,18,19). The number of nitrogens with one attached hydrogen (secondary N) is 1. The number of imidazole rings is 1. The van der Waals surface area contributed by atoms with Crippen molar-refractivity contribution in [3.63, 3.8) is 0 Å². The van der Waals surface area contributed by atoms with E-state index in [-0.39, 0.29) is 13.2 Å². The Labute approximate surface area is 123 Å². The molecular formula is C17H16N2O2. The molecule has 0 spiro atoms. The summed E-state index contributed by atoms with van der Waals surface area (Å²) in [5.74, 6) is 0.730. The third-order valence-electron chi connectivity index (χ3n) is 3.19. The van der Waals surface area contributed by atoms with E-state index in [0.717, 1.165) is 28.3 Å². The van der Waals surface area contributed by atoms with Gasteiger partial charge in [-0.15, -0.1) is 0 Å². The van der Waals surface area contributed by atoms with Gasteiger partial charge < -0.3 is 14.8 Å². The number of rotatable bonds is 5. The van der Waals surface area contributed by atoms with Crippen molar-refractivity contribution in [1.29, 1.82) is 0 Å². The molecule has 2 aromatic carbocycles. The largest absolute Gasteiger partial charge is 0.490 e. The van der Waals surface area contributed by atoms with Crippen LogP contribution < -0.4 is 4.74 Å². The van der Waals surface area contributed by atoms with Gasteiger partial charge >= 0.3 is 0 Å². The van der Waals surface area contributed by atoms with Crippen LogP contribution in [-0.2, 0) is 0 Å². The highest BCUT2D eigenvalue weighted by atomic mass is 16.5. The third-order valence-corrected chi connectivity index (χ3v) is 3.19.